The third kappa shape index (κ3) is 7.27. The fourth-order valence-electron chi connectivity index (χ4n) is 3.67. The van der Waals surface area contributed by atoms with Gasteiger partial charge in [-0.15, -0.1) is 0 Å². The molecule has 1 amide bonds. The molecule has 0 aliphatic carbocycles. The van der Waals surface area contributed by atoms with Gasteiger partial charge in [-0.05, 0) is 63.1 Å². The van der Waals surface area contributed by atoms with E-state index in [-0.39, 0.29) is 5.88 Å². The van der Waals surface area contributed by atoms with E-state index in [1.165, 1.54) is 18.9 Å². The maximum Gasteiger partial charge on any atom is 0.417 e. The molecule has 5 N–H and O–H groups in total. The van der Waals surface area contributed by atoms with Crippen molar-refractivity contribution in [2.45, 2.75) is 51.1 Å². The lowest BCUT2D eigenvalue weighted by Gasteiger charge is -2.36. The van der Waals surface area contributed by atoms with Gasteiger partial charge < -0.3 is 20.8 Å². The fourth-order valence-corrected chi connectivity index (χ4v) is 3.80. The van der Waals surface area contributed by atoms with E-state index in [1.54, 1.807) is 37.3 Å². The summed E-state index contributed by atoms with van der Waals surface area (Å²) in [7, 11) is 0. The maximum atomic E-state index is 13.2. The van der Waals surface area contributed by atoms with Gasteiger partial charge in [-0.25, -0.2) is 10.8 Å². The van der Waals surface area contributed by atoms with E-state index >= 15 is 0 Å². The Morgan fingerprint density at radius 1 is 1.11 bits per heavy atom. The first-order chi connectivity index (χ1) is 17.3. The summed E-state index contributed by atoms with van der Waals surface area (Å²) in [6.45, 7) is 4.79. The Labute approximate surface area is 218 Å². The number of ether oxygens (including phenoxy) is 1. The monoisotopic (exact) mass is 535 g/mol. The molecular formula is C26H29ClF3N5O2. The van der Waals surface area contributed by atoms with Crippen molar-refractivity contribution in [1.82, 2.24) is 10.3 Å². The number of nitrogens with zero attached hydrogens (tertiary/aromatic N) is 2. The van der Waals surface area contributed by atoms with Crippen LogP contribution in [0.1, 0.15) is 31.9 Å². The van der Waals surface area contributed by atoms with Crippen molar-refractivity contribution in [3.63, 3.8) is 0 Å². The first kappa shape index (κ1) is 28.1. The van der Waals surface area contributed by atoms with Gasteiger partial charge in [0, 0.05) is 23.3 Å². The highest BCUT2D eigenvalue weighted by Crippen LogP contribution is 2.30. The Kier molecular flexibility index (Phi) is 8.55. The summed E-state index contributed by atoms with van der Waals surface area (Å²) < 4.78 is 44.1. The molecule has 37 heavy (non-hydrogen) atoms. The summed E-state index contributed by atoms with van der Waals surface area (Å²) in [4.78, 5) is 16.9. The highest BCUT2D eigenvalue weighted by atomic mass is 35.5. The number of hydrogen-bond acceptors (Lipinski definition) is 6. The number of anilines is 2. The molecule has 198 valence electrons. The van der Waals surface area contributed by atoms with Crippen LogP contribution in [0, 0.1) is 0 Å². The van der Waals surface area contributed by atoms with Gasteiger partial charge in [-0.1, -0.05) is 35.9 Å². The second-order valence-corrected chi connectivity index (χ2v) is 9.56. The predicted octanol–water partition coefficient (Wildman–Crippen LogP) is 4.99. The molecule has 3 rings (SSSR count). The quantitative estimate of drug-likeness (QED) is 0.202. The molecule has 0 spiro atoms. The van der Waals surface area contributed by atoms with Gasteiger partial charge in [0.05, 0.1) is 23.0 Å². The minimum atomic E-state index is -4.52. The van der Waals surface area contributed by atoms with Crippen LogP contribution in [0.25, 0.3) is 0 Å². The van der Waals surface area contributed by atoms with Crippen LogP contribution in [0.4, 0.5) is 24.5 Å². The number of carbonyl (C=O) groups excluding carboxylic acids is 1. The van der Waals surface area contributed by atoms with Crippen molar-refractivity contribution in [2.75, 3.05) is 10.7 Å². The van der Waals surface area contributed by atoms with E-state index in [0.29, 0.717) is 29.0 Å². The molecule has 7 nitrogen and oxygen atoms in total. The number of nitrogens with one attached hydrogen (secondary N) is 1. The zero-order valence-electron chi connectivity index (χ0n) is 20.6. The topological polar surface area (TPSA) is 106 Å². The Morgan fingerprint density at radius 2 is 1.76 bits per heavy atom. The van der Waals surface area contributed by atoms with E-state index in [9.17, 15) is 18.0 Å². The molecule has 2 aromatic carbocycles. The molecule has 2 atom stereocenters. The highest BCUT2D eigenvalue weighted by molar-refractivity contribution is 6.30. The van der Waals surface area contributed by atoms with Crippen LogP contribution in [-0.2, 0) is 17.4 Å². The number of benzene rings is 2. The van der Waals surface area contributed by atoms with Crippen LogP contribution in [-0.4, -0.2) is 28.6 Å². The van der Waals surface area contributed by atoms with Gasteiger partial charge in [-0.2, -0.15) is 13.2 Å². The SMILES string of the molecule is CC(NC(=O)C(C)(C)Oc1ccc(C(F)(F)F)cn1)C(Cc1ccc(Cl)cc1)N(N)c1ccccc1N. The van der Waals surface area contributed by atoms with Crippen LogP contribution in [0.2, 0.25) is 5.02 Å². The summed E-state index contributed by atoms with van der Waals surface area (Å²) in [6, 6.07) is 15.4. The summed E-state index contributed by atoms with van der Waals surface area (Å²) in [5, 5.41) is 5.02. The molecule has 0 saturated carbocycles. The number of halogens is 4. The molecule has 2 unspecified atom stereocenters. The van der Waals surface area contributed by atoms with Gasteiger partial charge in [0.25, 0.3) is 5.91 Å². The Hall–Kier alpha value is -3.50. The standard InChI is InChI=1S/C26H29ClF3N5O2/c1-16(34-24(36)25(2,3)37-23-13-10-18(15-33-23)26(28,29)30)22(14-17-8-11-19(27)12-9-17)35(32)21-7-5-4-6-20(21)31/h4-13,15-16,22H,14,31-32H2,1-3H3,(H,34,36). The lowest BCUT2D eigenvalue weighted by atomic mass is 9.98. The first-order valence-corrected chi connectivity index (χ1v) is 11.8. The Morgan fingerprint density at radius 3 is 2.32 bits per heavy atom. The molecular weight excluding hydrogens is 507 g/mol. The number of alkyl halides is 3. The van der Waals surface area contributed by atoms with E-state index in [4.69, 9.17) is 27.9 Å². The zero-order chi connectivity index (χ0) is 27.4. The van der Waals surface area contributed by atoms with Gasteiger partial charge in [-0.3, -0.25) is 4.79 Å². The Balaban J connectivity index is 1.79. The zero-order valence-corrected chi connectivity index (χ0v) is 21.3. The highest BCUT2D eigenvalue weighted by Gasteiger charge is 2.35. The predicted molar refractivity (Wildman–Crippen MR) is 138 cm³/mol. The van der Waals surface area contributed by atoms with Crippen molar-refractivity contribution in [3.05, 3.63) is 83.0 Å². The number of carbonyl (C=O) groups is 1. The third-order valence-corrected chi connectivity index (χ3v) is 6.09. The number of hydrogen-bond donors (Lipinski definition) is 3. The smallest absolute Gasteiger partial charge is 0.417 e. The van der Waals surface area contributed by atoms with Crippen molar-refractivity contribution < 1.29 is 22.7 Å². The number of rotatable bonds is 9. The van der Waals surface area contributed by atoms with Crippen LogP contribution in [0.15, 0.2) is 66.9 Å². The van der Waals surface area contributed by atoms with E-state index in [1.807, 2.05) is 18.2 Å². The van der Waals surface area contributed by atoms with Crippen LogP contribution in [0.5, 0.6) is 5.88 Å². The minimum Gasteiger partial charge on any atom is -0.462 e. The number of pyridine rings is 1. The van der Waals surface area contributed by atoms with Gasteiger partial charge in [0.15, 0.2) is 5.60 Å². The molecule has 0 radical (unpaired) electrons. The van der Waals surface area contributed by atoms with E-state index in [0.717, 1.165) is 17.7 Å². The molecule has 1 heterocycles. The summed E-state index contributed by atoms with van der Waals surface area (Å²) in [6.07, 6.45) is -3.42. The minimum absolute atomic E-state index is 0.115. The number of nitrogen functional groups attached to an aromatic ring is 1. The average Bonchev–Trinajstić information content (AvgIpc) is 2.83. The molecule has 1 aromatic heterocycles. The number of aromatic nitrogens is 1. The van der Waals surface area contributed by atoms with Crippen molar-refractivity contribution in [2.24, 2.45) is 5.84 Å². The number of amides is 1. The van der Waals surface area contributed by atoms with Gasteiger partial charge in [0.2, 0.25) is 5.88 Å². The molecule has 0 aliphatic rings. The summed E-state index contributed by atoms with van der Waals surface area (Å²) in [5.41, 5.74) is 5.78. The second kappa shape index (κ2) is 11.3. The van der Waals surface area contributed by atoms with Crippen LogP contribution in [0.3, 0.4) is 0 Å². The second-order valence-electron chi connectivity index (χ2n) is 9.12. The van der Waals surface area contributed by atoms with Crippen LogP contribution < -0.4 is 26.6 Å². The maximum absolute atomic E-state index is 13.2. The normalized spacial score (nSPS) is 13.5. The lowest BCUT2D eigenvalue weighted by Crippen LogP contribution is -2.58. The fraction of sp³-hybridized carbons (Fsp3) is 0.308. The van der Waals surface area contributed by atoms with E-state index < -0.39 is 35.3 Å². The molecule has 0 aliphatic heterocycles. The number of hydrazine groups is 1. The summed E-state index contributed by atoms with van der Waals surface area (Å²) in [5.74, 6) is 5.90. The molecule has 3 aromatic rings. The largest absolute Gasteiger partial charge is 0.462 e. The third-order valence-electron chi connectivity index (χ3n) is 5.84. The number of nitrogens with two attached hydrogens (primary N) is 2. The average molecular weight is 536 g/mol. The molecule has 0 bridgehead atoms. The molecule has 11 heteroatoms. The van der Waals surface area contributed by atoms with E-state index in [2.05, 4.69) is 10.3 Å². The van der Waals surface area contributed by atoms with Crippen LogP contribution >= 0.6 is 11.6 Å². The molecule has 0 saturated heterocycles. The van der Waals surface area contributed by atoms with Crippen molar-refractivity contribution in [3.8, 4) is 5.88 Å². The first-order valence-electron chi connectivity index (χ1n) is 11.4. The number of para-hydroxylation sites is 2. The van der Waals surface area contributed by atoms with Gasteiger partial charge in [0.1, 0.15) is 0 Å². The Bertz CT molecular complexity index is 1200. The van der Waals surface area contributed by atoms with Gasteiger partial charge >= 0.3 is 6.18 Å². The molecule has 0 fully saturated rings. The summed E-state index contributed by atoms with van der Waals surface area (Å²) >= 11 is 6.02. The van der Waals surface area contributed by atoms with Crippen molar-refractivity contribution >= 4 is 28.9 Å². The van der Waals surface area contributed by atoms with Crippen molar-refractivity contribution in [1.29, 1.82) is 0 Å². The lowest BCUT2D eigenvalue weighted by molar-refractivity contribution is -0.138.